The fraction of sp³-hybridized carbons (Fsp3) is 0.353. The number of hydrogen-bond acceptors (Lipinski definition) is 5. The Morgan fingerprint density at radius 1 is 1.29 bits per heavy atom. The van der Waals surface area contributed by atoms with Crippen LogP contribution in [0.15, 0.2) is 28.8 Å². The second-order valence-corrected chi connectivity index (χ2v) is 5.47. The van der Waals surface area contributed by atoms with Crippen LogP contribution in [-0.4, -0.2) is 47.2 Å². The smallest absolute Gasteiger partial charge is 0.254 e. The van der Waals surface area contributed by atoms with E-state index in [1.165, 1.54) is 4.90 Å². The predicted molar refractivity (Wildman–Crippen MR) is 87.7 cm³/mol. The molecule has 0 bridgehead atoms. The lowest BCUT2D eigenvalue weighted by atomic mass is 10.0. The van der Waals surface area contributed by atoms with Crippen molar-refractivity contribution >= 4 is 11.8 Å². The summed E-state index contributed by atoms with van der Waals surface area (Å²) in [5.74, 6) is -0.294. The summed E-state index contributed by atoms with van der Waals surface area (Å²) < 4.78 is 5.25. The van der Waals surface area contributed by atoms with Crippen LogP contribution in [0.4, 0.5) is 0 Å². The molecule has 0 fully saturated rings. The van der Waals surface area contributed by atoms with Crippen LogP contribution in [0, 0.1) is 0 Å². The Balaban J connectivity index is 2.17. The van der Waals surface area contributed by atoms with E-state index in [9.17, 15) is 9.59 Å². The van der Waals surface area contributed by atoms with Crippen LogP contribution in [-0.2, 0) is 12.8 Å². The number of nitrogens with two attached hydrogens (primary N) is 1. The third-order valence-electron chi connectivity index (χ3n) is 3.76. The minimum Gasteiger partial charge on any atom is -0.395 e. The second-order valence-electron chi connectivity index (χ2n) is 5.47. The van der Waals surface area contributed by atoms with Crippen molar-refractivity contribution in [3.8, 4) is 0 Å². The third-order valence-corrected chi connectivity index (χ3v) is 3.76. The molecule has 0 unspecified atom stereocenters. The van der Waals surface area contributed by atoms with Crippen LogP contribution in [0.2, 0.25) is 0 Å². The van der Waals surface area contributed by atoms with E-state index in [0.29, 0.717) is 35.4 Å². The average Bonchev–Trinajstić information content (AvgIpc) is 2.98. The van der Waals surface area contributed by atoms with Gasteiger partial charge in [-0.05, 0) is 24.1 Å². The number of nitrogens with zero attached hydrogens (tertiary/aromatic N) is 2. The van der Waals surface area contributed by atoms with E-state index in [2.05, 4.69) is 5.16 Å². The molecule has 3 N–H and O–H groups in total. The van der Waals surface area contributed by atoms with Gasteiger partial charge in [-0.3, -0.25) is 9.59 Å². The highest BCUT2D eigenvalue weighted by atomic mass is 16.5. The van der Waals surface area contributed by atoms with Gasteiger partial charge in [-0.25, -0.2) is 0 Å². The number of carbonyl (C=O) groups is 2. The number of aromatic nitrogens is 1. The van der Waals surface area contributed by atoms with Gasteiger partial charge in [0.25, 0.3) is 11.8 Å². The molecule has 1 aromatic carbocycles. The van der Waals surface area contributed by atoms with Gasteiger partial charge in [0.15, 0.2) is 5.76 Å². The number of aliphatic hydroxyl groups is 1. The zero-order valence-electron chi connectivity index (χ0n) is 13.8. The van der Waals surface area contributed by atoms with Crippen molar-refractivity contribution in [1.29, 1.82) is 0 Å². The number of aliphatic hydroxyl groups excluding tert-OH is 1. The van der Waals surface area contributed by atoms with E-state index >= 15 is 0 Å². The number of aryl methyl sites for hydroxylation is 1. The predicted octanol–water partition coefficient (Wildman–Crippen LogP) is 0.991. The molecule has 7 heteroatoms. The maximum Gasteiger partial charge on any atom is 0.254 e. The Kier molecular flexibility index (Phi) is 5.70. The quantitative estimate of drug-likeness (QED) is 0.786. The molecule has 1 heterocycles. The first-order valence-corrected chi connectivity index (χ1v) is 7.70. The molecule has 0 saturated heterocycles. The van der Waals surface area contributed by atoms with Crippen molar-refractivity contribution < 1.29 is 19.2 Å². The highest BCUT2D eigenvalue weighted by Crippen LogP contribution is 2.19. The van der Waals surface area contributed by atoms with Gasteiger partial charge in [0, 0.05) is 25.6 Å². The first kappa shape index (κ1) is 17.7. The van der Waals surface area contributed by atoms with Gasteiger partial charge in [0.05, 0.1) is 12.3 Å². The number of amides is 2. The SMILES string of the molecule is CCc1noc(Cc2ccc(C(=O)N(C)CCO)cc2)c1C(N)=O. The Morgan fingerprint density at radius 3 is 2.50 bits per heavy atom. The van der Waals surface area contributed by atoms with Gasteiger partial charge < -0.3 is 20.3 Å². The standard InChI is InChI=1S/C17H21N3O4/c1-3-13-15(16(18)22)14(24-19-13)10-11-4-6-12(7-5-11)17(23)20(2)8-9-21/h4-7,21H,3,8-10H2,1-2H3,(H2,18,22). The topological polar surface area (TPSA) is 110 Å². The molecule has 0 aliphatic rings. The average molecular weight is 331 g/mol. The lowest BCUT2D eigenvalue weighted by Crippen LogP contribution is -2.29. The first-order valence-electron chi connectivity index (χ1n) is 7.70. The zero-order chi connectivity index (χ0) is 17.7. The van der Waals surface area contributed by atoms with Crippen LogP contribution in [0.5, 0.6) is 0 Å². The fourth-order valence-electron chi connectivity index (χ4n) is 2.43. The number of carbonyl (C=O) groups excluding carboxylic acids is 2. The van der Waals surface area contributed by atoms with Gasteiger partial charge in [0.2, 0.25) is 0 Å². The molecule has 2 amide bonds. The molecule has 0 aliphatic carbocycles. The lowest BCUT2D eigenvalue weighted by Gasteiger charge is -2.15. The molecular formula is C17H21N3O4. The zero-order valence-corrected chi connectivity index (χ0v) is 13.8. The van der Waals surface area contributed by atoms with Gasteiger partial charge >= 0.3 is 0 Å². The summed E-state index contributed by atoms with van der Waals surface area (Å²) >= 11 is 0. The fourth-order valence-corrected chi connectivity index (χ4v) is 2.43. The van der Waals surface area contributed by atoms with E-state index in [1.54, 1.807) is 31.3 Å². The molecule has 2 rings (SSSR count). The monoisotopic (exact) mass is 331 g/mol. The van der Waals surface area contributed by atoms with Crippen molar-refractivity contribution in [3.63, 3.8) is 0 Å². The van der Waals surface area contributed by atoms with Crippen molar-refractivity contribution in [2.24, 2.45) is 5.73 Å². The number of hydrogen-bond donors (Lipinski definition) is 2. The minimum atomic E-state index is -0.555. The summed E-state index contributed by atoms with van der Waals surface area (Å²) in [5, 5.41) is 12.8. The highest BCUT2D eigenvalue weighted by Gasteiger charge is 2.20. The molecule has 7 nitrogen and oxygen atoms in total. The van der Waals surface area contributed by atoms with Crippen molar-refractivity contribution in [3.05, 3.63) is 52.4 Å². The maximum atomic E-state index is 12.1. The molecule has 2 aromatic rings. The second kappa shape index (κ2) is 7.74. The Bertz CT molecular complexity index is 722. The largest absolute Gasteiger partial charge is 0.395 e. The molecule has 0 atom stereocenters. The summed E-state index contributed by atoms with van der Waals surface area (Å²) in [6, 6.07) is 6.98. The van der Waals surface area contributed by atoms with E-state index in [4.69, 9.17) is 15.4 Å². The molecule has 0 saturated carbocycles. The molecule has 24 heavy (non-hydrogen) atoms. The minimum absolute atomic E-state index is 0.0819. The summed E-state index contributed by atoms with van der Waals surface area (Å²) in [6.45, 7) is 2.07. The van der Waals surface area contributed by atoms with E-state index in [0.717, 1.165) is 5.56 Å². The molecule has 1 aromatic heterocycles. The van der Waals surface area contributed by atoms with Gasteiger partial charge in [-0.2, -0.15) is 0 Å². The van der Waals surface area contributed by atoms with E-state index < -0.39 is 5.91 Å². The van der Waals surface area contributed by atoms with Crippen LogP contribution < -0.4 is 5.73 Å². The molecule has 0 radical (unpaired) electrons. The van der Waals surface area contributed by atoms with Crippen LogP contribution in [0.1, 0.15) is 44.7 Å². The Morgan fingerprint density at radius 2 is 1.96 bits per heavy atom. The number of primary amides is 1. The summed E-state index contributed by atoms with van der Waals surface area (Å²) in [5.41, 5.74) is 7.69. The highest BCUT2D eigenvalue weighted by molar-refractivity contribution is 5.95. The van der Waals surface area contributed by atoms with E-state index in [1.807, 2.05) is 6.92 Å². The van der Waals surface area contributed by atoms with Crippen molar-refractivity contribution in [2.45, 2.75) is 19.8 Å². The van der Waals surface area contributed by atoms with Crippen LogP contribution in [0.25, 0.3) is 0 Å². The number of benzene rings is 1. The van der Waals surface area contributed by atoms with Crippen LogP contribution >= 0.6 is 0 Å². The summed E-state index contributed by atoms with van der Waals surface area (Å²) in [4.78, 5) is 25.1. The normalized spacial score (nSPS) is 10.6. The summed E-state index contributed by atoms with van der Waals surface area (Å²) in [7, 11) is 1.63. The molecular weight excluding hydrogens is 310 g/mol. The molecule has 128 valence electrons. The number of rotatable bonds is 7. The van der Waals surface area contributed by atoms with Gasteiger partial charge in [0.1, 0.15) is 5.56 Å². The maximum absolute atomic E-state index is 12.1. The lowest BCUT2D eigenvalue weighted by molar-refractivity contribution is 0.0767. The molecule has 0 spiro atoms. The van der Waals surface area contributed by atoms with E-state index in [-0.39, 0.29) is 19.1 Å². The first-order chi connectivity index (χ1) is 11.5. The molecule has 0 aliphatic heterocycles. The number of likely N-dealkylation sites (N-methyl/N-ethyl adjacent to an activating group) is 1. The van der Waals surface area contributed by atoms with Crippen molar-refractivity contribution in [2.75, 3.05) is 20.2 Å². The van der Waals surface area contributed by atoms with Crippen molar-refractivity contribution in [1.82, 2.24) is 10.1 Å². The van der Waals surface area contributed by atoms with Gasteiger partial charge in [-0.1, -0.05) is 24.2 Å². The Hall–Kier alpha value is -2.67. The van der Waals surface area contributed by atoms with Crippen LogP contribution in [0.3, 0.4) is 0 Å². The Labute approximate surface area is 140 Å². The van der Waals surface area contributed by atoms with Gasteiger partial charge in [-0.15, -0.1) is 0 Å². The summed E-state index contributed by atoms with van der Waals surface area (Å²) in [6.07, 6.45) is 0.929. The third kappa shape index (κ3) is 3.80.